The fourth-order valence-corrected chi connectivity index (χ4v) is 7.93. The number of rotatable bonds is 6. The molecule has 63 heavy (non-hydrogen) atoms. The molecule has 0 amide bonds. The summed E-state index contributed by atoms with van der Waals surface area (Å²) < 4.78 is 4.87. The van der Waals surface area contributed by atoms with Gasteiger partial charge in [0.25, 0.3) is 0 Å². The number of hydrogen-bond donors (Lipinski definition) is 2. The Balaban J connectivity index is 0.000000196. The second-order valence-corrected chi connectivity index (χ2v) is 14.5. The van der Waals surface area contributed by atoms with Crippen molar-refractivity contribution in [2.75, 3.05) is 37.1 Å². The van der Waals surface area contributed by atoms with Crippen LogP contribution in [0.15, 0.2) is 146 Å². The molecule has 12 nitrogen and oxygen atoms in total. The SMILES string of the molecule is CO.COC(=O)c1ccc2nc(-c3ccccc3)c(N3CCCc4ccccc43)nc2c1.O=C(O)c1ccc2nc(-c3ccccc3)c(N3CCCc4ccccc43)nc2c1.[Na+].[OH-]. The summed E-state index contributed by atoms with van der Waals surface area (Å²) in [5.74, 6) is 0.225. The van der Waals surface area contributed by atoms with Crippen LogP contribution in [0.2, 0.25) is 0 Å². The Kier molecular flexibility index (Phi) is 15.3. The molecule has 3 N–H and O–H groups in total. The van der Waals surface area contributed by atoms with Gasteiger partial charge in [0.2, 0.25) is 0 Å². The number of benzene rings is 6. The number of carbonyl (C=O) groups is 2. The first-order chi connectivity index (χ1) is 29.9. The standard InChI is InChI=1S/C25H21N3O2.C24H19N3O2.CH4O.Na.H2O/c1-30-25(29)19-13-14-20-21(16-19)27-24(23(26-20)18-9-3-2-4-10-18)28-15-7-11-17-8-5-6-12-22(17)28;28-24(29)18-12-13-19-20(15-18)26-23(22(25-19)17-8-2-1-3-9-17)27-14-6-10-16-7-4-5-11-21(16)27;1-2;;/h2-6,8-10,12-14,16H,7,11,15H2,1H3;1-5,7-9,11-13,15H,6,10,14H2,(H,28,29);2H,1H3;;1H2/q;;;+1;/p-1. The molecule has 0 atom stereocenters. The van der Waals surface area contributed by atoms with Crippen LogP contribution in [-0.2, 0) is 17.6 Å². The van der Waals surface area contributed by atoms with Crippen LogP contribution in [0.1, 0.15) is 44.7 Å². The number of aromatic nitrogens is 4. The Labute approximate surface area is 387 Å². The molecule has 0 spiro atoms. The molecule has 8 aromatic rings. The summed E-state index contributed by atoms with van der Waals surface area (Å²) in [6.45, 7) is 1.71. The number of anilines is 4. The van der Waals surface area contributed by atoms with E-state index in [1.807, 2.05) is 60.7 Å². The third kappa shape index (κ3) is 9.76. The van der Waals surface area contributed by atoms with Gasteiger partial charge in [0, 0.05) is 42.7 Å². The Hall–Kier alpha value is -6.54. The maximum Gasteiger partial charge on any atom is 1.00 e. The average molecular weight is 849 g/mol. The van der Waals surface area contributed by atoms with Crippen LogP contribution >= 0.6 is 0 Å². The number of ether oxygens (including phenoxy) is 1. The van der Waals surface area contributed by atoms with Gasteiger partial charge >= 0.3 is 41.5 Å². The molecular formula is C50H45N6NaO6. The first kappa shape index (κ1) is 46.0. The minimum absolute atomic E-state index is 0. The van der Waals surface area contributed by atoms with E-state index in [0.717, 1.165) is 91.2 Å². The Morgan fingerprint density at radius 1 is 0.540 bits per heavy atom. The molecule has 312 valence electrons. The van der Waals surface area contributed by atoms with E-state index in [1.165, 1.54) is 23.9 Å². The number of aryl methyl sites for hydroxylation is 2. The molecule has 4 heterocycles. The summed E-state index contributed by atoms with van der Waals surface area (Å²) in [5, 5.41) is 16.4. The van der Waals surface area contributed by atoms with Crippen molar-refractivity contribution < 1.29 is 59.6 Å². The normalized spacial score (nSPS) is 12.5. The van der Waals surface area contributed by atoms with E-state index < -0.39 is 5.97 Å². The number of esters is 1. The number of aromatic carboxylic acids is 1. The first-order valence-corrected chi connectivity index (χ1v) is 20.2. The number of carbonyl (C=O) groups excluding carboxylic acids is 1. The number of hydrogen-bond acceptors (Lipinski definition) is 11. The van der Waals surface area contributed by atoms with E-state index in [0.29, 0.717) is 22.1 Å². The maximum atomic E-state index is 12.0. The van der Waals surface area contributed by atoms with E-state index in [-0.39, 0.29) is 46.6 Å². The monoisotopic (exact) mass is 848 g/mol. The second kappa shape index (κ2) is 21.0. The van der Waals surface area contributed by atoms with Gasteiger partial charge in [-0.2, -0.15) is 0 Å². The van der Waals surface area contributed by atoms with Crippen molar-refractivity contribution in [1.82, 2.24) is 19.9 Å². The van der Waals surface area contributed by atoms with Gasteiger partial charge in [0.1, 0.15) is 11.4 Å². The van der Waals surface area contributed by atoms with Crippen LogP contribution in [0.5, 0.6) is 0 Å². The van der Waals surface area contributed by atoms with Crippen molar-refractivity contribution in [2.24, 2.45) is 0 Å². The van der Waals surface area contributed by atoms with E-state index in [4.69, 9.17) is 29.8 Å². The third-order valence-electron chi connectivity index (χ3n) is 10.8. The van der Waals surface area contributed by atoms with E-state index in [1.54, 1.807) is 30.3 Å². The molecule has 2 aliphatic rings. The zero-order chi connectivity index (χ0) is 42.3. The van der Waals surface area contributed by atoms with Gasteiger partial charge in [0.15, 0.2) is 11.6 Å². The average Bonchev–Trinajstić information content (AvgIpc) is 3.33. The molecule has 2 aromatic heterocycles. The molecule has 10 rings (SSSR count). The molecule has 0 saturated carbocycles. The number of aliphatic hydroxyl groups excluding tert-OH is 1. The van der Waals surface area contributed by atoms with Gasteiger partial charge in [0.05, 0.1) is 40.3 Å². The van der Waals surface area contributed by atoms with Gasteiger partial charge < -0.3 is 30.2 Å². The number of nitrogens with zero attached hydrogens (tertiary/aromatic N) is 6. The molecule has 0 aliphatic carbocycles. The summed E-state index contributed by atoms with van der Waals surface area (Å²) in [5.41, 5.74) is 11.9. The number of aliphatic hydroxyl groups is 1. The summed E-state index contributed by atoms with van der Waals surface area (Å²) in [4.78, 5) is 47.7. The number of fused-ring (bicyclic) bond motifs is 4. The second-order valence-electron chi connectivity index (χ2n) is 14.5. The Morgan fingerprint density at radius 2 is 0.952 bits per heavy atom. The summed E-state index contributed by atoms with van der Waals surface area (Å²) in [6.07, 6.45) is 4.17. The van der Waals surface area contributed by atoms with Crippen molar-refractivity contribution >= 4 is 57.0 Å². The van der Waals surface area contributed by atoms with Crippen molar-refractivity contribution in [1.29, 1.82) is 0 Å². The van der Waals surface area contributed by atoms with E-state index in [2.05, 4.69) is 64.4 Å². The summed E-state index contributed by atoms with van der Waals surface area (Å²) in [7, 11) is 2.38. The molecule has 6 aromatic carbocycles. The van der Waals surface area contributed by atoms with Crippen LogP contribution in [0.25, 0.3) is 44.6 Å². The predicted molar refractivity (Wildman–Crippen MR) is 242 cm³/mol. The zero-order valence-electron chi connectivity index (χ0n) is 35.3. The van der Waals surface area contributed by atoms with Crippen molar-refractivity contribution in [3.63, 3.8) is 0 Å². The van der Waals surface area contributed by atoms with Crippen molar-refractivity contribution in [2.45, 2.75) is 25.7 Å². The van der Waals surface area contributed by atoms with Crippen LogP contribution in [0.4, 0.5) is 23.0 Å². The minimum Gasteiger partial charge on any atom is -0.870 e. The molecule has 0 saturated heterocycles. The van der Waals surface area contributed by atoms with Gasteiger partial charge in [-0.05, 0) is 85.3 Å². The molecule has 0 unspecified atom stereocenters. The zero-order valence-corrected chi connectivity index (χ0v) is 37.3. The van der Waals surface area contributed by atoms with Gasteiger partial charge in [-0.1, -0.05) is 97.1 Å². The number of carboxylic acid groups (broad SMARTS) is 1. The van der Waals surface area contributed by atoms with E-state index in [9.17, 15) is 14.7 Å². The molecule has 0 fully saturated rings. The Bertz CT molecular complexity index is 2860. The number of carboxylic acids is 1. The van der Waals surface area contributed by atoms with Crippen LogP contribution in [0.3, 0.4) is 0 Å². The molecule has 2 aliphatic heterocycles. The molecule has 13 heteroatoms. The number of methoxy groups -OCH3 is 1. The topological polar surface area (TPSA) is 172 Å². The van der Waals surface area contributed by atoms with Crippen molar-refractivity contribution in [3.8, 4) is 22.5 Å². The first-order valence-electron chi connectivity index (χ1n) is 20.2. The fourth-order valence-electron chi connectivity index (χ4n) is 7.93. The molecular weight excluding hydrogens is 804 g/mol. The van der Waals surface area contributed by atoms with Gasteiger partial charge in [-0.15, -0.1) is 0 Å². The van der Waals surface area contributed by atoms with Crippen LogP contribution in [0, 0.1) is 0 Å². The van der Waals surface area contributed by atoms with Gasteiger partial charge in [-0.25, -0.2) is 29.5 Å². The summed E-state index contributed by atoms with van der Waals surface area (Å²) >= 11 is 0. The summed E-state index contributed by atoms with van der Waals surface area (Å²) in [6, 6.07) is 47.2. The smallest absolute Gasteiger partial charge is 0.870 e. The van der Waals surface area contributed by atoms with E-state index >= 15 is 0 Å². The van der Waals surface area contributed by atoms with Gasteiger partial charge in [-0.3, -0.25) is 0 Å². The fraction of sp³-hybridized carbons (Fsp3) is 0.160. The van der Waals surface area contributed by atoms with Crippen LogP contribution < -0.4 is 39.4 Å². The molecule has 0 radical (unpaired) electrons. The maximum absolute atomic E-state index is 12.0. The largest absolute Gasteiger partial charge is 1.00 e. The Morgan fingerprint density at radius 3 is 1.40 bits per heavy atom. The predicted octanol–water partition coefficient (Wildman–Crippen LogP) is 6.68. The third-order valence-corrected chi connectivity index (χ3v) is 10.8. The minimum atomic E-state index is -0.967. The number of para-hydroxylation sites is 2. The van der Waals surface area contributed by atoms with Crippen molar-refractivity contribution in [3.05, 3.63) is 168 Å². The van der Waals surface area contributed by atoms with Crippen LogP contribution in [-0.4, -0.2) is 74.9 Å². The molecule has 0 bridgehead atoms. The quantitative estimate of drug-likeness (QED) is 0.135.